The highest BCUT2D eigenvalue weighted by Gasteiger charge is 2.33. The smallest absolute Gasteiger partial charge is 0.263 e. The first-order valence-corrected chi connectivity index (χ1v) is 13.3. The van der Waals surface area contributed by atoms with E-state index in [0.717, 1.165) is 18.4 Å². The van der Waals surface area contributed by atoms with E-state index in [1.165, 1.54) is 23.6 Å². The third kappa shape index (κ3) is 4.07. The van der Waals surface area contributed by atoms with E-state index in [0.29, 0.717) is 22.6 Å². The molecule has 0 radical (unpaired) electrons. The number of hydrogen-bond donors (Lipinski definition) is 1. The zero-order chi connectivity index (χ0) is 23.9. The van der Waals surface area contributed by atoms with Gasteiger partial charge in [0.1, 0.15) is 11.9 Å². The zero-order valence-corrected chi connectivity index (χ0v) is 20.0. The first kappa shape index (κ1) is 22.5. The number of likely N-dealkylation sites (tertiary alicyclic amines) is 1. The quantitative estimate of drug-likeness (QED) is 0.407. The fraction of sp³-hybridized carbons (Fsp3) is 0.250. The Balaban J connectivity index is 1.36. The number of nitrogens with one attached hydrogen (secondary N) is 1. The van der Waals surface area contributed by atoms with Gasteiger partial charge >= 0.3 is 0 Å². The third-order valence-electron chi connectivity index (χ3n) is 6.25. The van der Waals surface area contributed by atoms with Crippen LogP contribution in [0.1, 0.15) is 37.4 Å². The lowest BCUT2D eigenvalue weighted by molar-refractivity contribution is -0.135. The summed E-state index contributed by atoms with van der Waals surface area (Å²) in [6, 6.07) is 12.5. The summed E-state index contributed by atoms with van der Waals surface area (Å²) in [7, 11) is -3.74. The van der Waals surface area contributed by atoms with Crippen LogP contribution in [-0.2, 0) is 14.8 Å². The molecular weight excluding hydrogens is 475 g/mol. The number of benzene rings is 2. The molecule has 3 heterocycles. The molecule has 0 aliphatic carbocycles. The molecule has 0 saturated carbocycles. The van der Waals surface area contributed by atoms with Gasteiger partial charge in [-0.05, 0) is 55.7 Å². The summed E-state index contributed by atoms with van der Waals surface area (Å²) in [6.45, 7) is 2.44. The van der Waals surface area contributed by atoms with Crippen LogP contribution in [0.4, 0.5) is 9.52 Å². The van der Waals surface area contributed by atoms with E-state index < -0.39 is 16.1 Å². The molecule has 4 aromatic rings. The van der Waals surface area contributed by atoms with Crippen molar-refractivity contribution >= 4 is 43.3 Å². The standard InChI is InChI=1S/C24H23FN4O3S2/c1-16(28-14-11-19-20(25)4-2-5-22(19)28)23(30)29-13-3-6-21(29)17-7-9-18(10-8-17)34(31,32)27-24-26-12-15-33-24/h2,4-5,7-12,14-16,21H,3,6,13H2,1H3,(H,26,27)/t16-,21?/m1/s1. The fourth-order valence-electron chi connectivity index (χ4n) is 4.54. The molecule has 1 amide bonds. The molecule has 2 atom stereocenters. The molecule has 1 fully saturated rings. The van der Waals surface area contributed by atoms with Gasteiger partial charge in [-0.25, -0.2) is 17.8 Å². The van der Waals surface area contributed by atoms with Gasteiger partial charge in [-0.3, -0.25) is 9.52 Å². The normalized spacial score (nSPS) is 17.2. The molecule has 5 rings (SSSR count). The zero-order valence-electron chi connectivity index (χ0n) is 18.4. The van der Waals surface area contributed by atoms with Gasteiger partial charge in [0, 0.05) is 29.7 Å². The summed E-state index contributed by atoms with van der Waals surface area (Å²) in [6.07, 6.45) is 4.93. The molecule has 0 bridgehead atoms. The summed E-state index contributed by atoms with van der Waals surface area (Å²) in [4.78, 5) is 19.4. The van der Waals surface area contributed by atoms with Crippen molar-refractivity contribution in [2.24, 2.45) is 0 Å². The maximum absolute atomic E-state index is 14.1. The Kier molecular flexibility index (Phi) is 5.86. The highest BCUT2D eigenvalue weighted by atomic mass is 32.2. The number of nitrogens with zero attached hydrogens (tertiary/aromatic N) is 3. The van der Waals surface area contributed by atoms with Crippen LogP contribution < -0.4 is 4.72 Å². The van der Waals surface area contributed by atoms with Gasteiger partial charge in [0.25, 0.3) is 10.0 Å². The Hall–Kier alpha value is -3.24. The second-order valence-corrected chi connectivity index (χ2v) is 10.9. The first-order valence-electron chi connectivity index (χ1n) is 10.9. The van der Waals surface area contributed by atoms with Crippen molar-refractivity contribution in [2.75, 3.05) is 11.3 Å². The van der Waals surface area contributed by atoms with E-state index in [1.807, 2.05) is 17.9 Å². The van der Waals surface area contributed by atoms with Gasteiger partial charge in [-0.15, -0.1) is 11.3 Å². The highest BCUT2D eigenvalue weighted by molar-refractivity contribution is 7.93. The molecule has 1 aliphatic rings. The molecule has 7 nitrogen and oxygen atoms in total. The minimum Gasteiger partial charge on any atom is -0.335 e. The number of hydrogen-bond acceptors (Lipinski definition) is 5. The van der Waals surface area contributed by atoms with Crippen LogP contribution in [0.15, 0.2) is 71.2 Å². The van der Waals surface area contributed by atoms with Gasteiger partial charge in [0.05, 0.1) is 16.5 Å². The van der Waals surface area contributed by atoms with Crippen LogP contribution in [0.5, 0.6) is 0 Å². The Bertz CT molecular complexity index is 1430. The lowest BCUT2D eigenvalue weighted by Gasteiger charge is -2.29. The molecule has 34 heavy (non-hydrogen) atoms. The van der Waals surface area contributed by atoms with E-state index in [-0.39, 0.29) is 22.7 Å². The predicted octanol–water partition coefficient (Wildman–Crippen LogP) is 4.96. The van der Waals surface area contributed by atoms with Crippen LogP contribution >= 0.6 is 11.3 Å². The lowest BCUT2D eigenvalue weighted by atomic mass is 10.0. The van der Waals surface area contributed by atoms with Gasteiger partial charge < -0.3 is 9.47 Å². The number of carbonyl (C=O) groups is 1. The largest absolute Gasteiger partial charge is 0.335 e. The molecule has 1 N–H and O–H groups in total. The molecule has 1 aliphatic heterocycles. The number of aromatic nitrogens is 2. The van der Waals surface area contributed by atoms with Gasteiger partial charge in [-0.2, -0.15) is 0 Å². The van der Waals surface area contributed by atoms with Gasteiger partial charge in [0.2, 0.25) is 5.91 Å². The molecule has 1 unspecified atom stereocenters. The monoisotopic (exact) mass is 498 g/mol. The molecular formula is C24H23FN4O3S2. The molecule has 2 aromatic carbocycles. The summed E-state index contributed by atoms with van der Waals surface area (Å²) >= 11 is 1.21. The van der Waals surface area contributed by atoms with Crippen LogP contribution in [0.25, 0.3) is 10.9 Å². The summed E-state index contributed by atoms with van der Waals surface area (Å²) < 4.78 is 43.6. The van der Waals surface area contributed by atoms with Crippen molar-refractivity contribution in [2.45, 2.75) is 36.7 Å². The van der Waals surface area contributed by atoms with E-state index in [9.17, 15) is 17.6 Å². The Labute approximate surface area is 200 Å². The number of anilines is 1. The summed E-state index contributed by atoms with van der Waals surface area (Å²) in [5, 5.41) is 2.49. The minimum absolute atomic E-state index is 0.0496. The number of fused-ring (bicyclic) bond motifs is 1. The number of halogens is 1. The van der Waals surface area contributed by atoms with Crippen molar-refractivity contribution in [3.63, 3.8) is 0 Å². The molecule has 10 heteroatoms. The second-order valence-electron chi connectivity index (χ2n) is 8.27. The van der Waals surface area contributed by atoms with E-state index >= 15 is 0 Å². The predicted molar refractivity (Wildman–Crippen MR) is 130 cm³/mol. The Morgan fingerprint density at radius 2 is 2.00 bits per heavy atom. The average molecular weight is 499 g/mol. The SMILES string of the molecule is C[C@H](C(=O)N1CCCC1c1ccc(S(=O)(=O)Nc2nccs2)cc1)n1ccc2c(F)cccc21. The maximum Gasteiger partial charge on any atom is 0.263 e. The number of rotatable bonds is 6. The first-order chi connectivity index (χ1) is 16.3. The molecule has 176 valence electrons. The highest BCUT2D eigenvalue weighted by Crippen LogP contribution is 2.35. The number of amides is 1. The fourth-order valence-corrected chi connectivity index (χ4v) is 6.33. The van der Waals surface area contributed by atoms with Crippen LogP contribution in [0.2, 0.25) is 0 Å². The maximum atomic E-state index is 14.1. The van der Waals surface area contributed by atoms with Crippen molar-refractivity contribution in [1.82, 2.24) is 14.5 Å². The Morgan fingerprint density at radius 1 is 1.21 bits per heavy atom. The summed E-state index contributed by atoms with van der Waals surface area (Å²) in [5.41, 5.74) is 1.56. The molecule has 0 spiro atoms. The van der Waals surface area contributed by atoms with Crippen LogP contribution in [0, 0.1) is 5.82 Å². The number of carbonyl (C=O) groups excluding carboxylic acids is 1. The lowest BCUT2D eigenvalue weighted by Crippen LogP contribution is -2.35. The Morgan fingerprint density at radius 3 is 2.74 bits per heavy atom. The van der Waals surface area contributed by atoms with E-state index in [1.54, 1.807) is 52.5 Å². The molecule has 1 saturated heterocycles. The van der Waals surface area contributed by atoms with Crippen LogP contribution in [-0.4, -0.2) is 35.3 Å². The van der Waals surface area contributed by atoms with Crippen molar-refractivity contribution in [3.8, 4) is 0 Å². The average Bonchev–Trinajstić information content (AvgIpc) is 3.59. The molecule has 2 aromatic heterocycles. The summed E-state index contributed by atoms with van der Waals surface area (Å²) in [5.74, 6) is -0.360. The van der Waals surface area contributed by atoms with Crippen molar-refractivity contribution in [1.29, 1.82) is 0 Å². The number of thiazole rings is 1. The van der Waals surface area contributed by atoms with Crippen LogP contribution in [0.3, 0.4) is 0 Å². The van der Waals surface area contributed by atoms with Crippen molar-refractivity contribution < 1.29 is 17.6 Å². The van der Waals surface area contributed by atoms with E-state index in [4.69, 9.17) is 0 Å². The minimum atomic E-state index is -3.74. The van der Waals surface area contributed by atoms with E-state index in [2.05, 4.69) is 9.71 Å². The van der Waals surface area contributed by atoms with Crippen molar-refractivity contribution in [3.05, 3.63) is 77.7 Å². The number of sulfonamides is 1. The van der Waals surface area contributed by atoms with Gasteiger partial charge in [0.15, 0.2) is 5.13 Å². The van der Waals surface area contributed by atoms with Gasteiger partial charge in [-0.1, -0.05) is 18.2 Å². The topological polar surface area (TPSA) is 84.3 Å². The third-order valence-corrected chi connectivity index (χ3v) is 8.42. The second kappa shape index (κ2) is 8.84.